The molecule has 0 heterocycles. The molecule has 2 aromatic carbocycles. The molecule has 0 bridgehead atoms. The molecule has 0 aliphatic heterocycles. The summed E-state index contributed by atoms with van der Waals surface area (Å²) >= 11 is 0. The zero-order valence-corrected chi connectivity index (χ0v) is 12.1. The minimum atomic E-state index is 0.367. The first-order valence-corrected chi connectivity index (χ1v) is 7.65. The Balaban J connectivity index is 1.92. The molecule has 0 aromatic heterocycles. The molecule has 2 N–H and O–H groups in total. The van der Waals surface area contributed by atoms with E-state index in [-0.39, 0.29) is 0 Å². The van der Waals surface area contributed by atoms with Crippen molar-refractivity contribution in [2.24, 2.45) is 11.7 Å². The third-order valence-corrected chi connectivity index (χ3v) is 4.38. The summed E-state index contributed by atoms with van der Waals surface area (Å²) in [6, 6.07) is 12.6. The van der Waals surface area contributed by atoms with Crippen molar-refractivity contribution < 1.29 is 4.74 Å². The van der Waals surface area contributed by atoms with Crippen LogP contribution in [0.25, 0.3) is 10.8 Å². The van der Waals surface area contributed by atoms with Crippen LogP contribution >= 0.6 is 0 Å². The van der Waals surface area contributed by atoms with E-state index in [1.807, 2.05) is 0 Å². The van der Waals surface area contributed by atoms with Crippen molar-refractivity contribution in [3.8, 4) is 5.75 Å². The highest BCUT2D eigenvalue weighted by molar-refractivity contribution is 5.91. The number of ether oxygens (including phenoxy) is 1. The molecule has 2 atom stereocenters. The summed E-state index contributed by atoms with van der Waals surface area (Å²) in [6.07, 6.45) is 5.34. The molecule has 0 amide bonds. The zero-order valence-electron chi connectivity index (χ0n) is 12.1. The third-order valence-electron chi connectivity index (χ3n) is 4.38. The number of hydrogen-bond donors (Lipinski definition) is 1. The summed E-state index contributed by atoms with van der Waals surface area (Å²) in [5.74, 6) is 1.79. The Morgan fingerprint density at radius 2 is 1.90 bits per heavy atom. The molecule has 2 aromatic rings. The fourth-order valence-corrected chi connectivity index (χ4v) is 3.28. The van der Waals surface area contributed by atoms with E-state index in [0.717, 1.165) is 11.7 Å². The van der Waals surface area contributed by atoms with Crippen LogP contribution in [0.2, 0.25) is 0 Å². The predicted octanol–water partition coefficient (Wildman–Crippen LogP) is 4.26. The Hall–Kier alpha value is -1.54. The molecule has 1 aliphatic carbocycles. The van der Waals surface area contributed by atoms with Crippen LogP contribution in [0.15, 0.2) is 36.4 Å². The number of fused-ring (bicyclic) bond motifs is 1. The Morgan fingerprint density at radius 3 is 2.65 bits per heavy atom. The first-order chi connectivity index (χ1) is 9.78. The fourth-order valence-electron chi connectivity index (χ4n) is 3.28. The van der Waals surface area contributed by atoms with Crippen LogP contribution in [0, 0.1) is 5.92 Å². The SMILES string of the molecule is CC1CCCC(Oc2ccc(CN)c3ccccc23)C1. The summed E-state index contributed by atoms with van der Waals surface area (Å²) in [5, 5.41) is 2.41. The normalized spacial score (nSPS) is 22.9. The van der Waals surface area contributed by atoms with Gasteiger partial charge in [-0.1, -0.05) is 43.7 Å². The van der Waals surface area contributed by atoms with Crippen LogP contribution in [0.5, 0.6) is 5.75 Å². The largest absolute Gasteiger partial charge is 0.490 e. The van der Waals surface area contributed by atoms with Crippen molar-refractivity contribution in [2.45, 2.75) is 45.3 Å². The van der Waals surface area contributed by atoms with Gasteiger partial charge in [0.25, 0.3) is 0 Å². The molecule has 2 nitrogen and oxygen atoms in total. The number of rotatable bonds is 3. The third kappa shape index (κ3) is 2.66. The maximum absolute atomic E-state index is 6.30. The van der Waals surface area contributed by atoms with Crippen molar-refractivity contribution >= 4 is 10.8 Å². The van der Waals surface area contributed by atoms with E-state index in [2.05, 4.69) is 43.3 Å². The maximum atomic E-state index is 6.30. The average molecular weight is 269 g/mol. The fraction of sp³-hybridized carbons (Fsp3) is 0.444. The van der Waals surface area contributed by atoms with E-state index in [9.17, 15) is 0 Å². The van der Waals surface area contributed by atoms with Gasteiger partial charge < -0.3 is 10.5 Å². The van der Waals surface area contributed by atoms with Gasteiger partial charge in [-0.3, -0.25) is 0 Å². The van der Waals surface area contributed by atoms with Crippen molar-refractivity contribution in [1.29, 1.82) is 0 Å². The highest BCUT2D eigenvalue weighted by atomic mass is 16.5. The molecular weight excluding hydrogens is 246 g/mol. The van der Waals surface area contributed by atoms with E-state index in [1.54, 1.807) is 0 Å². The van der Waals surface area contributed by atoms with E-state index < -0.39 is 0 Å². The number of benzene rings is 2. The molecule has 1 aliphatic rings. The topological polar surface area (TPSA) is 35.2 Å². The Morgan fingerprint density at radius 1 is 1.10 bits per heavy atom. The van der Waals surface area contributed by atoms with Crippen molar-refractivity contribution in [1.82, 2.24) is 0 Å². The molecule has 2 unspecified atom stereocenters. The minimum absolute atomic E-state index is 0.367. The van der Waals surface area contributed by atoms with E-state index in [4.69, 9.17) is 10.5 Å². The van der Waals surface area contributed by atoms with E-state index in [1.165, 1.54) is 42.0 Å². The van der Waals surface area contributed by atoms with Gasteiger partial charge in [0.15, 0.2) is 0 Å². The number of hydrogen-bond acceptors (Lipinski definition) is 2. The van der Waals surface area contributed by atoms with Gasteiger partial charge in [0.05, 0.1) is 6.10 Å². The van der Waals surface area contributed by atoms with Gasteiger partial charge in [0.2, 0.25) is 0 Å². The molecule has 0 radical (unpaired) electrons. The Kier molecular flexibility index (Phi) is 3.93. The average Bonchev–Trinajstić information content (AvgIpc) is 2.48. The molecule has 0 spiro atoms. The van der Waals surface area contributed by atoms with Gasteiger partial charge in [-0.15, -0.1) is 0 Å². The summed E-state index contributed by atoms with van der Waals surface area (Å²) in [4.78, 5) is 0. The highest BCUT2D eigenvalue weighted by Gasteiger charge is 2.21. The van der Waals surface area contributed by atoms with Gasteiger partial charge in [0.1, 0.15) is 5.75 Å². The minimum Gasteiger partial charge on any atom is -0.490 e. The lowest BCUT2D eigenvalue weighted by Gasteiger charge is -2.28. The summed E-state index contributed by atoms with van der Waals surface area (Å²) in [5.41, 5.74) is 7.01. The molecular formula is C18H23NO. The van der Waals surface area contributed by atoms with Gasteiger partial charge in [0, 0.05) is 11.9 Å². The summed E-state index contributed by atoms with van der Waals surface area (Å²) < 4.78 is 6.30. The lowest BCUT2D eigenvalue weighted by atomic mass is 9.88. The first-order valence-electron chi connectivity index (χ1n) is 7.65. The lowest BCUT2D eigenvalue weighted by molar-refractivity contribution is 0.131. The predicted molar refractivity (Wildman–Crippen MR) is 83.9 cm³/mol. The second-order valence-electron chi connectivity index (χ2n) is 5.98. The standard InChI is InChI=1S/C18H23NO/c1-13-5-4-6-15(11-13)20-18-10-9-14(12-19)16-7-2-3-8-17(16)18/h2-3,7-10,13,15H,4-6,11-12,19H2,1H3. The number of nitrogens with two attached hydrogens (primary N) is 1. The Bertz CT molecular complexity index is 593. The second kappa shape index (κ2) is 5.84. The van der Waals surface area contributed by atoms with Crippen LogP contribution in [0.4, 0.5) is 0 Å². The van der Waals surface area contributed by atoms with Crippen LogP contribution < -0.4 is 10.5 Å². The first kappa shape index (κ1) is 13.4. The van der Waals surface area contributed by atoms with Crippen LogP contribution in [0.1, 0.15) is 38.2 Å². The highest BCUT2D eigenvalue weighted by Crippen LogP contribution is 2.32. The van der Waals surface area contributed by atoms with Crippen molar-refractivity contribution in [2.75, 3.05) is 0 Å². The molecule has 20 heavy (non-hydrogen) atoms. The lowest BCUT2D eigenvalue weighted by Crippen LogP contribution is -2.24. The van der Waals surface area contributed by atoms with Gasteiger partial charge in [-0.25, -0.2) is 0 Å². The van der Waals surface area contributed by atoms with Gasteiger partial charge >= 0.3 is 0 Å². The van der Waals surface area contributed by atoms with Crippen LogP contribution in [-0.2, 0) is 6.54 Å². The van der Waals surface area contributed by atoms with Gasteiger partial charge in [-0.2, -0.15) is 0 Å². The van der Waals surface area contributed by atoms with Crippen LogP contribution in [-0.4, -0.2) is 6.10 Å². The summed E-state index contributed by atoms with van der Waals surface area (Å²) in [6.45, 7) is 2.90. The molecule has 0 saturated heterocycles. The molecule has 1 saturated carbocycles. The monoisotopic (exact) mass is 269 g/mol. The van der Waals surface area contributed by atoms with E-state index >= 15 is 0 Å². The van der Waals surface area contributed by atoms with E-state index in [0.29, 0.717) is 12.6 Å². The van der Waals surface area contributed by atoms with Crippen LogP contribution in [0.3, 0.4) is 0 Å². The molecule has 2 heteroatoms. The summed E-state index contributed by atoms with van der Waals surface area (Å²) in [7, 11) is 0. The zero-order chi connectivity index (χ0) is 13.9. The van der Waals surface area contributed by atoms with Crippen molar-refractivity contribution in [3.63, 3.8) is 0 Å². The maximum Gasteiger partial charge on any atom is 0.127 e. The molecule has 1 fully saturated rings. The molecule has 3 rings (SSSR count). The van der Waals surface area contributed by atoms with Crippen molar-refractivity contribution in [3.05, 3.63) is 42.0 Å². The second-order valence-corrected chi connectivity index (χ2v) is 5.98. The Labute approximate surface area is 120 Å². The quantitative estimate of drug-likeness (QED) is 0.903. The smallest absolute Gasteiger partial charge is 0.127 e. The molecule has 106 valence electrons. The van der Waals surface area contributed by atoms with Gasteiger partial charge in [-0.05, 0) is 42.2 Å².